The predicted molar refractivity (Wildman–Crippen MR) is 112 cm³/mol. The lowest BCUT2D eigenvalue weighted by Gasteiger charge is -2.12. The SMILES string of the molecule is C=CCn1c(C(=O)Nc2ccccc2C(=O)O)c(C)c2cc(C(C)C)ccc21. The summed E-state index contributed by atoms with van der Waals surface area (Å²) in [4.78, 5) is 24.6. The van der Waals surface area contributed by atoms with Crippen molar-refractivity contribution in [3.63, 3.8) is 0 Å². The number of aromatic carboxylic acids is 1. The van der Waals surface area contributed by atoms with Gasteiger partial charge in [0.1, 0.15) is 5.69 Å². The number of fused-ring (bicyclic) bond motifs is 1. The third kappa shape index (κ3) is 3.43. The molecule has 1 aromatic heterocycles. The molecule has 5 nitrogen and oxygen atoms in total. The molecular formula is C23H24N2O3. The van der Waals surface area contributed by atoms with Gasteiger partial charge in [0.15, 0.2) is 0 Å². The second-order valence-electron chi connectivity index (χ2n) is 7.11. The number of carboxylic acid groups (broad SMARTS) is 1. The third-order valence-corrected chi connectivity index (χ3v) is 4.94. The van der Waals surface area contributed by atoms with Crippen LogP contribution in [0.2, 0.25) is 0 Å². The molecule has 0 spiro atoms. The van der Waals surface area contributed by atoms with Gasteiger partial charge in [0.05, 0.1) is 11.3 Å². The Balaban J connectivity index is 2.12. The molecule has 0 aliphatic rings. The molecule has 0 saturated carbocycles. The molecule has 0 atom stereocenters. The Morgan fingerprint density at radius 1 is 1.21 bits per heavy atom. The number of aryl methyl sites for hydroxylation is 1. The number of carboxylic acids is 1. The molecule has 3 rings (SSSR count). The van der Waals surface area contributed by atoms with Gasteiger partial charge in [-0.2, -0.15) is 0 Å². The standard InChI is InChI=1S/C23H24N2O3/c1-5-12-25-20-11-10-16(14(2)3)13-18(20)15(4)21(25)22(26)24-19-9-7-6-8-17(19)23(27)28/h5-11,13-14H,1,12H2,2-4H3,(H,24,26)(H,27,28). The van der Waals surface area contributed by atoms with Crippen LogP contribution in [0.5, 0.6) is 0 Å². The number of aromatic nitrogens is 1. The average Bonchev–Trinajstić information content (AvgIpc) is 2.94. The molecule has 1 amide bonds. The van der Waals surface area contributed by atoms with Crippen molar-refractivity contribution in [1.29, 1.82) is 0 Å². The molecule has 0 saturated heterocycles. The first-order valence-electron chi connectivity index (χ1n) is 9.22. The van der Waals surface area contributed by atoms with Gasteiger partial charge in [-0.15, -0.1) is 6.58 Å². The van der Waals surface area contributed by atoms with Gasteiger partial charge in [0.2, 0.25) is 0 Å². The van der Waals surface area contributed by atoms with Crippen LogP contribution in [0, 0.1) is 6.92 Å². The maximum Gasteiger partial charge on any atom is 0.337 e. The Labute approximate surface area is 164 Å². The van der Waals surface area contributed by atoms with Crippen LogP contribution in [0.1, 0.15) is 51.7 Å². The highest BCUT2D eigenvalue weighted by Gasteiger charge is 2.22. The van der Waals surface area contributed by atoms with Gasteiger partial charge in [-0.05, 0) is 48.2 Å². The fraction of sp³-hybridized carbons (Fsp3) is 0.217. The van der Waals surface area contributed by atoms with E-state index in [1.807, 2.05) is 17.6 Å². The van der Waals surface area contributed by atoms with Crippen molar-refractivity contribution >= 4 is 28.5 Å². The van der Waals surface area contributed by atoms with Crippen molar-refractivity contribution in [2.75, 3.05) is 5.32 Å². The largest absolute Gasteiger partial charge is 0.478 e. The fourth-order valence-electron chi connectivity index (χ4n) is 3.47. The molecule has 5 heteroatoms. The summed E-state index contributed by atoms with van der Waals surface area (Å²) in [6, 6.07) is 12.6. The lowest BCUT2D eigenvalue weighted by atomic mass is 10.0. The molecule has 1 heterocycles. The maximum absolute atomic E-state index is 13.1. The number of allylic oxidation sites excluding steroid dienone is 1. The highest BCUT2D eigenvalue weighted by atomic mass is 16.4. The number of nitrogens with zero attached hydrogens (tertiary/aromatic N) is 1. The van der Waals surface area contributed by atoms with Gasteiger partial charge < -0.3 is 15.0 Å². The van der Waals surface area contributed by atoms with Crippen molar-refractivity contribution in [1.82, 2.24) is 4.57 Å². The van der Waals surface area contributed by atoms with Crippen LogP contribution < -0.4 is 5.32 Å². The summed E-state index contributed by atoms with van der Waals surface area (Å²) in [7, 11) is 0. The third-order valence-electron chi connectivity index (χ3n) is 4.94. The van der Waals surface area contributed by atoms with Crippen LogP contribution in [0.15, 0.2) is 55.1 Å². The minimum Gasteiger partial charge on any atom is -0.478 e. The Morgan fingerprint density at radius 2 is 1.93 bits per heavy atom. The number of para-hydroxylation sites is 1. The number of rotatable bonds is 6. The zero-order chi connectivity index (χ0) is 20.4. The summed E-state index contributed by atoms with van der Waals surface area (Å²) in [5, 5.41) is 13.2. The van der Waals surface area contributed by atoms with Gasteiger partial charge in [-0.25, -0.2) is 4.79 Å². The molecule has 0 radical (unpaired) electrons. The topological polar surface area (TPSA) is 71.3 Å². The lowest BCUT2D eigenvalue weighted by Crippen LogP contribution is -2.19. The Hall–Kier alpha value is -3.34. The van der Waals surface area contributed by atoms with Crippen LogP contribution in [0.25, 0.3) is 10.9 Å². The van der Waals surface area contributed by atoms with E-state index in [0.717, 1.165) is 16.5 Å². The second kappa shape index (κ2) is 7.72. The van der Waals surface area contributed by atoms with E-state index in [9.17, 15) is 14.7 Å². The van der Waals surface area contributed by atoms with Crippen molar-refractivity contribution < 1.29 is 14.7 Å². The fourth-order valence-corrected chi connectivity index (χ4v) is 3.47. The molecule has 144 valence electrons. The van der Waals surface area contributed by atoms with Gasteiger partial charge >= 0.3 is 5.97 Å². The monoisotopic (exact) mass is 376 g/mol. The minimum atomic E-state index is -1.08. The van der Waals surface area contributed by atoms with Crippen LogP contribution in [-0.2, 0) is 6.54 Å². The maximum atomic E-state index is 13.1. The van der Waals surface area contributed by atoms with Gasteiger partial charge in [-0.3, -0.25) is 4.79 Å². The molecular weight excluding hydrogens is 352 g/mol. The number of hydrogen-bond donors (Lipinski definition) is 2. The predicted octanol–water partition coefficient (Wildman–Crippen LogP) is 5.21. The molecule has 3 aromatic rings. The van der Waals surface area contributed by atoms with Gasteiger partial charge in [0, 0.05) is 17.4 Å². The Bertz CT molecular complexity index is 1080. The normalized spacial score (nSPS) is 11.0. The highest BCUT2D eigenvalue weighted by Crippen LogP contribution is 2.30. The van der Waals surface area contributed by atoms with E-state index in [1.54, 1.807) is 24.3 Å². The average molecular weight is 376 g/mol. The second-order valence-corrected chi connectivity index (χ2v) is 7.11. The summed E-state index contributed by atoms with van der Waals surface area (Å²) in [5.41, 5.74) is 3.87. The van der Waals surface area contributed by atoms with E-state index in [1.165, 1.54) is 11.6 Å². The van der Waals surface area contributed by atoms with E-state index < -0.39 is 5.97 Å². The number of carbonyl (C=O) groups is 2. The number of nitrogens with one attached hydrogen (secondary N) is 1. The molecule has 0 unspecified atom stereocenters. The van der Waals surface area contributed by atoms with Crippen molar-refractivity contribution in [3.05, 3.63) is 77.5 Å². The molecule has 0 fully saturated rings. The molecule has 2 aromatic carbocycles. The van der Waals surface area contributed by atoms with Crippen molar-refractivity contribution in [2.24, 2.45) is 0 Å². The van der Waals surface area contributed by atoms with Crippen molar-refractivity contribution in [3.8, 4) is 0 Å². The summed E-state index contributed by atoms with van der Waals surface area (Å²) in [5.74, 6) is -1.04. The summed E-state index contributed by atoms with van der Waals surface area (Å²) >= 11 is 0. The van der Waals surface area contributed by atoms with E-state index in [2.05, 4.69) is 37.9 Å². The van der Waals surface area contributed by atoms with Crippen molar-refractivity contribution in [2.45, 2.75) is 33.2 Å². The smallest absolute Gasteiger partial charge is 0.337 e. The molecule has 0 bridgehead atoms. The summed E-state index contributed by atoms with van der Waals surface area (Å²) < 4.78 is 1.92. The highest BCUT2D eigenvalue weighted by molar-refractivity contribution is 6.10. The van der Waals surface area contributed by atoms with E-state index >= 15 is 0 Å². The first-order valence-corrected chi connectivity index (χ1v) is 9.22. The van der Waals surface area contributed by atoms with E-state index in [4.69, 9.17) is 0 Å². The number of amides is 1. The molecule has 2 N–H and O–H groups in total. The zero-order valence-corrected chi connectivity index (χ0v) is 16.3. The van der Waals surface area contributed by atoms with Crippen LogP contribution in [0.3, 0.4) is 0 Å². The van der Waals surface area contributed by atoms with Crippen LogP contribution in [-0.4, -0.2) is 21.6 Å². The quantitative estimate of drug-likeness (QED) is 0.580. The first-order chi connectivity index (χ1) is 13.3. The molecule has 28 heavy (non-hydrogen) atoms. The lowest BCUT2D eigenvalue weighted by molar-refractivity contribution is 0.0698. The Kier molecular flexibility index (Phi) is 5.36. The molecule has 0 aliphatic carbocycles. The summed E-state index contributed by atoms with van der Waals surface area (Å²) in [6.07, 6.45) is 1.75. The number of benzene rings is 2. The number of carbonyl (C=O) groups excluding carboxylic acids is 1. The van der Waals surface area contributed by atoms with Gasteiger partial charge in [0.25, 0.3) is 5.91 Å². The summed E-state index contributed by atoms with van der Waals surface area (Å²) in [6.45, 7) is 10.5. The Morgan fingerprint density at radius 3 is 2.57 bits per heavy atom. The van der Waals surface area contributed by atoms with E-state index in [0.29, 0.717) is 18.2 Å². The zero-order valence-electron chi connectivity index (χ0n) is 16.3. The van der Waals surface area contributed by atoms with Crippen LogP contribution >= 0.6 is 0 Å². The molecule has 0 aliphatic heterocycles. The van der Waals surface area contributed by atoms with E-state index in [-0.39, 0.29) is 17.2 Å². The minimum absolute atomic E-state index is 0.0574. The first kappa shape index (κ1) is 19.4. The van der Waals surface area contributed by atoms with Gasteiger partial charge in [-0.1, -0.05) is 38.1 Å². The van der Waals surface area contributed by atoms with Crippen LogP contribution in [0.4, 0.5) is 5.69 Å². The number of anilines is 1. The number of hydrogen-bond acceptors (Lipinski definition) is 2.